The molecule has 2 aromatic carbocycles. The van der Waals surface area contributed by atoms with Crippen LogP contribution in [0, 0.1) is 11.8 Å². The molecule has 0 aliphatic carbocycles. The van der Waals surface area contributed by atoms with Gasteiger partial charge in [0, 0.05) is 17.3 Å². The number of anilines is 1. The van der Waals surface area contributed by atoms with Gasteiger partial charge in [-0.25, -0.2) is 0 Å². The number of rotatable bonds is 4. The largest absolute Gasteiger partial charge is 0.454 e. The van der Waals surface area contributed by atoms with Crippen molar-refractivity contribution in [3.8, 4) is 11.5 Å². The summed E-state index contributed by atoms with van der Waals surface area (Å²) in [5.41, 5.74) is 1.59. The van der Waals surface area contributed by atoms with Crippen LogP contribution in [0.1, 0.15) is 30.5 Å². The summed E-state index contributed by atoms with van der Waals surface area (Å²) in [5, 5.41) is 16.7. The number of nitrogens with zero attached hydrogens (tertiary/aromatic N) is 1. The minimum Gasteiger partial charge on any atom is -0.454 e. The Morgan fingerprint density at radius 1 is 1.15 bits per heavy atom. The second-order valence-corrected chi connectivity index (χ2v) is 9.32. The molecule has 4 aliphatic rings. The maximum absolute atomic E-state index is 13.8. The van der Waals surface area contributed by atoms with E-state index in [0.717, 1.165) is 5.56 Å². The minimum atomic E-state index is -1.41. The van der Waals surface area contributed by atoms with E-state index in [4.69, 9.17) is 9.47 Å². The average molecular weight is 463 g/mol. The molecule has 0 bridgehead atoms. The van der Waals surface area contributed by atoms with Crippen LogP contribution in [-0.2, 0) is 32.9 Å². The number of aliphatic hydroxyl groups excluding tert-OH is 1. The van der Waals surface area contributed by atoms with Crippen LogP contribution in [0.15, 0.2) is 36.4 Å². The van der Waals surface area contributed by atoms with Crippen molar-refractivity contribution in [3.05, 3.63) is 53.1 Å². The first-order valence-corrected chi connectivity index (χ1v) is 11.5. The van der Waals surface area contributed by atoms with E-state index in [2.05, 4.69) is 10.6 Å². The van der Waals surface area contributed by atoms with Crippen LogP contribution in [0.25, 0.3) is 0 Å². The van der Waals surface area contributed by atoms with Gasteiger partial charge in [0.1, 0.15) is 5.54 Å². The van der Waals surface area contributed by atoms with Gasteiger partial charge in [-0.15, -0.1) is 0 Å². The Morgan fingerprint density at radius 3 is 2.71 bits per heavy atom. The Balaban J connectivity index is 1.43. The van der Waals surface area contributed by atoms with Gasteiger partial charge < -0.3 is 19.9 Å². The number of carbonyl (C=O) groups is 3. The van der Waals surface area contributed by atoms with Crippen molar-refractivity contribution in [3.63, 3.8) is 0 Å². The van der Waals surface area contributed by atoms with E-state index in [9.17, 15) is 19.5 Å². The molecule has 3 N–H and O–H groups in total. The third-order valence-corrected chi connectivity index (χ3v) is 7.54. The third-order valence-electron chi connectivity index (χ3n) is 7.54. The number of imide groups is 1. The number of carbonyl (C=O) groups excluding carboxylic acids is 3. The van der Waals surface area contributed by atoms with E-state index in [1.165, 1.54) is 4.90 Å². The summed E-state index contributed by atoms with van der Waals surface area (Å²) >= 11 is 0. The van der Waals surface area contributed by atoms with Gasteiger partial charge in [0.2, 0.25) is 24.5 Å². The fraction of sp³-hybridized carbons (Fsp3) is 0.400. The Morgan fingerprint density at radius 2 is 1.94 bits per heavy atom. The molecule has 176 valence electrons. The summed E-state index contributed by atoms with van der Waals surface area (Å²) in [6.07, 6.45) is -0.239. The number of hydrogen-bond donors (Lipinski definition) is 3. The van der Waals surface area contributed by atoms with E-state index in [1.807, 2.05) is 25.1 Å². The van der Waals surface area contributed by atoms with Crippen LogP contribution in [0.2, 0.25) is 0 Å². The first kappa shape index (κ1) is 21.1. The fourth-order valence-corrected chi connectivity index (χ4v) is 5.97. The monoisotopic (exact) mass is 463 g/mol. The molecule has 6 rings (SSSR count). The van der Waals surface area contributed by atoms with E-state index in [1.54, 1.807) is 25.1 Å². The second kappa shape index (κ2) is 7.28. The number of amides is 3. The number of benzene rings is 2. The van der Waals surface area contributed by atoms with Crippen LogP contribution < -0.4 is 20.1 Å². The molecule has 0 radical (unpaired) electrons. The number of hydrogen-bond acceptors (Lipinski definition) is 7. The standard InChI is InChI=1S/C25H25N3O6/c1-3-14-5-4-6-15-21(14)26-24(32)25(15)19-18(20(27-25)12(2)29)22(30)28(23(19)31)10-13-7-8-16-17(9-13)34-11-33-16/h4-9,12,18-20,27,29H,3,10-11H2,1-2H3,(H,26,32)/t12-,18-,19-,20-,25-/m0/s1. The van der Waals surface area contributed by atoms with Gasteiger partial charge in [0.15, 0.2) is 11.5 Å². The zero-order valence-electron chi connectivity index (χ0n) is 18.8. The van der Waals surface area contributed by atoms with Crippen LogP contribution >= 0.6 is 0 Å². The Labute approximate surface area is 196 Å². The van der Waals surface area contributed by atoms with E-state index in [-0.39, 0.29) is 19.2 Å². The first-order valence-electron chi connectivity index (χ1n) is 11.5. The minimum absolute atomic E-state index is 0.0490. The number of ether oxygens (including phenoxy) is 2. The lowest BCUT2D eigenvalue weighted by molar-refractivity contribution is -0.143. The molecule has 0 unspecified atom stereocenters. The molecule has 0 aromatic heterocycles. The highest BCUT2D eigenvalue weighted by Crippen LogP contribution is 2.54. The smallest absolute Gasteiger partial charge is 0.250 e. The zero-order valence-corrected chi connectivity index (χ0v) is 18.8. The maximum atomic E-state index is 13.8. The molecule has 2 fully saturated rings. The van der Waals surface area contributed by atoms with Crippen LogP contribution in [0.3, 0.4) is 0 Å². The summed E-state index contributed by atoms with van der Waals surface area (Å²) < 4.78 is 10.8. The van der Waals surface area contributed by atoms with Crippen molar-refractivity contribution >= 4 is 23.4 Å². The topological polar surface area (TPSA) is 117 Å². The van der Waals surface area contributed by atoms with Crippen molar-refractivity contribution in [1.82, 2.24) is 10.2 Å². The van der Waals surface area contributed by atoms with Crippen LogP contribution in [-0.4, -0.2) is 46.7 Å². The molecule has 3 amide bonds. The molecule has 9 nitrogen and oxygen atoms in total. The normalized spacial score (nSPS) is 29.6. The highest BCUT2D eigenvalue weighted by atomic mass is 16.7. The number of nitrogens with one attached hydrogen (secondary N) is 2. The highest BCUT2D eigenvalue weighted by molar-refractivity contribution is 6.15. The Hall–Kier alpha value is -3.43. The summed E-state index contributed by atoms with van der Waals surface area (Å²) in [6.45, 7) is 3.74. The molecule has 0 saturated carbocycles. The van der Waals surface area contributed by atoms with Gasteiger partial charge >= 0.3 is 0 Å². The summed E-state index contributed by atoms with van der Waals surface area (Å²) in [6, 6.07) is 10.2. The molecular weight excluding hydrogens is 438 g/mol. The van der Waals surface area contributed by atoms with Gasteiger partial charge in [-0.3, -0.25) is 24.6 Å². The van der Waals surface area contributed by atoms with Crippen LogP contribution in [0.4, 0.5) is 5.69 Å². The van der Waals surface area contributed by atoms with Gasteiger partial charge in [-0.05, 0) is 36.6 Å². The Bertz CT molecular complexity index is 1240. The molecule has 34 heavy (non-hydrogen) atoms. The van der Waals surface area contributed by atoms with Gasteiger partial charge in [0.05, 0.1) is 24.5 Å². The number of para-hydroxylation sites is 1. The highest BCUT2D eigenvalue weighted by Gasteiger charge is 2.71. The average Bonchev–Trinajstić information content (AvgIpc) is 3.55. The van der Waals surface area contributed by atoms with E-state index >= 15 is 0 Å². The first-order chi connectivity index (χ1) is 16.4. The second-order valence-electron chi connectivity index (χ2n) is 9.32. The van der Waals surface area contributed by atoms with E-state index in [0.29, 0.717) is 34.7 Å². The molecule has 9 heteroatoms. The molecule has 2 saturated heterocycles. The SMILES string of the molecule is CCc1cccc2c1NC(=O)[C@]21N[C@@H]([C@H](C)O)[C@H]2C(=O)N(Cc3ccc4c(c3)OCO4)C(=O)[C@H]21. The molecule has 1 spiro atoms. The lowest BCUT2D eigenvalue weighted by Crippen LogP contribution is -2.54. The maximum Gasteiger partial charge on any atom is 0.250 e. The van der Waals surface area contributed by atoms with Crippen LogP contribution in [0.5, 0.6) is 11.5 Å². The zero-order chi connectivity index (χ0) is 23.8. The van der Waals surface area contributed by atoms with Crippen molar-refractivity contribution in [2.24, 2.45) is 11.8 Å². The van der Waals surface area contributed by atoms with E-state index < -0.39 is 41.3 Å². The molecule has 2 aromatic rings. The van der Waals surface area contributed by atoms with Gasteiger partial charge in [-0.1, -0.05) is 31.2 Å². The third kappa shape index (κ3) is 2.65. The lowest BCUT2D eigenvalue weighted by Gasteiger charge is -2.30. The summed E-state index contributed by atoms with van der Waals surface area (Å²) in [5.74, 6) is -1.82. The van der Waals surface area contributed by atoms with Crippen molar-refractivity contribution in [2.45, 2.75) is 44.5 Å². The van der Waals surface area contributed by atoms with Gasteiger partial charge in [0.25, 0.3) is 0 Å². The molecule has 5 atom stereocenters. The predicted molar refractivity (Wildman–Crippen MR) is 120 cm³/mol. The Kier molecular flexibility index (Phi) is 4.53. The quantitative estimate of drug-likeness (QED) is 0.585. The predicted octanol–water partition coefficient (Wildman–Crippen LogP) is 1.28. The molecular formula is C25H25N3O6. The number of fused-ring (bicyclic) bond motifs is 5. The molecule has 4 aliphatic heterocycles. The number of aryl methyl sites for hydroxylation is 1. The molecule has 4 heterocycles. The summed E-state index contributed by atoms with van der Waals surface area (Å²) in [7, 11) is 0. The fourth-order valence-electron chi connectivity index (χ4n) is 5.97. The van der Waals surface area contributed by atoms with Crippen molar-refractivity contribution in [1.29, 1.82) is 0 Å². The van der Waals surface area contributed by atoms with Crippen molar-refractivity contribution in [2.75, 3.05) is 12.1 Å². The van der Waals surface area contributed by atoms with Crippen molar-refractivity contribution < 1.29 is 29.0 Å². The number of aliphatic hydroxyl groups is 1. The summed E-state index contributed by atoms with van der Waals surface area (Å²) in [4.78, 5) is 42.1. The lowest BCUT2D eigenvalue weighted by atomic mass is 9.76. The van der Waals surface area contributed by atoms with Gasteiger partial charge in [-0.2, -0.15) is 0 Å². The number of likely N-dealkylation sites (tertiary alicyclic amines) is 1.